The molecule has 2 aromatic carbocycles. The first kappa shape index (κ1) is 18.0. The Morgan fingerprint density at radius 2 is 1.88 bits per heavy atom. The lowest BCUT2D eigenvalue weighted by atomic mass is 10.0. The maximum absolute atomic E-state index is 12.5. The molecule has 0 fully saturated rings. The fourth-order valence-electron chi connectivity index (χ4n) is 2.22. The Kier molecular flexibility index (Phi) is 5.26. The number of ether oxygens (including phenoxy) is 1. The zero-order chi connectivity index (χ0) is 17.9. The Morgan fingerprint density at radius 3 is 2.46 bits per heavy atom. The zero-order valence-electron chi connectivity index (χ0n) is 13.7. The van der Waals surface area contributed by atoms with Crippen LogP contribution in [-0.2, 0) is 10.0 Å². The van der Waals surface area contributed by atoms with Crippen LogP contribution >= 0.6 is 0 Å². The molecule has 0 saturated heterocycles. The van der Waals surface area contributed by atoms with Crippen molar-refractivity contribution in [2.75, 3.05) is 12.4 Å². The summed E-state index contributed by atoms with van der Waals surface area (Å²) in [6.45, 7) is 4.11. The topological polar surface area (TPSA) is 98.5 Å². The lowest BCUT2D eigenvalue weighted by molar-refractivity contribution is 0.102. The normalized spacial score (nSPS) is 11.4. The largest absolute Gasteiger partial charge is 0.496 e. The quantitative estimate of drug-likeness (QED) is 0.868. The predicted molar refractivity (Wildman–Crippen MR) is 92.9 cm³/mol. The molecule has 2 aromatic rings. The second-order valence-electron chi connectivity index (χ2n) is 5.64. The molecule has 7 heteroatoms. The minimum atomic E-state index is -3.91. The van der Waals surface area contributed by atoms with Crippen molar-refractivity contribution in [3.8, 4) is 5.75 Å². The van der Waals surface area contributed by atoms with Gasteiger partial charge in [0.15, 0.2) is 0 Å². The summed E-state index contributed by atoms with van der Waals surface area (Å²) in [7, 11) is -2.51. The smallest absolute Gasteiger partial charge is 0.259 e. The third-order valence-corrected chi connectivity index (χ3v) is 4.47. The second-order valence-corrected chi connectivity index (χ2v) is 7.20. The highest BCUT2D eigenvalue weighted by atomic mass is 32.2. The molecule has 0 aliphatic rings. The predicted octanol–water partition coefficient (Wildman–Crippen LogP) is 2.72. The van der Waals surface area contributed by atoms with Crippen molar-refractivity contribution in [2.45, 2.75) is 24.7 Å². The van der Waals surface area contributed by atoms with Crippen molar-refractivity contribution in [2.24, 2.45) is 5.14 Å². The first-order valence-electron chi connectivity index (χ1n) is 7.34. The van der Waals surface area contributed by atoms with Gasteiger partial charge in [0.25, 0.3) is 5.91 Å². The fraction of sp³-hybridized carbons (Fsp3) is 0.235. The standard InChI is InChI=1S/C17H20N2O4S/c1-11(2)12-5-4-6-13(9-12)19-17(20)15-10-14(24(18,21)22)7-8-16(15)23-3/h4-11H,1-3H3,(H,19,20)(H2,18,21,22). The highest BCUT2D eigenvalue weighted by Gasteiger charge is 2.17. The van der Waals surface area contributed by atoms with Crippen molar-refractivity contribution >= 4 is 21.6 Å². The zero-order valence-corrected chi connectivity index (χ0v) is 14.6. The van der Waals surface area contributed by atoms with Gasteiger partial charge < -0.3 is 10.1 Å². The van der Waals surface area contributed by atoms with Crippen LogP contribution < -0.4 is 15.2 Å². The molecule has 128 valence electrons. The first-order chi connectivity index (χ1) is 11.2. The van der Waals surface area contributed by atoms with Gasteiger partial charge in [-0.1, -0.05) is 26.0 Å². The molecule has 0 saturated carbocycles. The van der Waals surface area contributed by atoms with E-state index in [-0.39, 0.29) is 16.2 Å². The molecule has 1 amide bonds. The maximum Gasteiger partial charge on any atom is 0.259 e. The number of hydrogen-bond donors (Lipinski definition) is 2. The Bertz CT molecular complexity index is 861. The summed E-state index contributed by atoms with van der Waals surface area (Å²) in [6.07, 6.45) is 0. The highest BCUT2D eigenvalue weighted by Crippen LogP contribution is 2.24. The summed E-state index contributed by atoms with van der Waals surface area (Å²) < 4.78 is 28.1. The fourth-order valence-corrected chi connectivity index (χ4v) is 2.76. The van der Waals surface area contributed by atoms with Crippen LogP contribution in [0.25, 0.3) is 0 Å². The van der Waals surface area contributed by atoms with E-state index in [1.165, 1.54) is 25.3 Å². The number of methoxy groups -OCH3 is 1. The molecule has 0 atom stereocenters. The van der Waals surface area contributed by atoms with Gasteiger partial charge in [-0.05, 0) is 41.8 Å². The van der Waals surface area contributed by atoms with Gasteiger partial charge in [0.2, 0.25) is 10.0 Å². The van der Waals surface area contributed by atoms with Gasteiger partial charge in [-0.3, -0.25) is 4.79 Å². The van der Waals surface area contributed by atoms with Crippen LogP contribution in [0.5, 0.6) is 5.75 Å². The highest BCUT2D eigenvalue weighted by molar-refractivity contribution is 7.89. The van der Waals surface area contributed by atoms with Crippen molar-refractivity contribution in [3.63, 3.8) is 0 Å². The van der Waals surface area contributed by atoms with Gasteiger partial charge in [0, 0.05) is 5.69 Å². The van der Waals surface area contributed by atoms with E-state index >= 15 is 0 Å². The van der Waals surface area contributed by atoms with Crippen molar-refractivity contribution in [1.82, 2.24) is 0 Å². The summed E-state index contributed by atoms with van der Waals surface area (Å²) in [6, 6.07) is 11.4. The number of nitrogens with two attached hydrogens (primary N) is 1. The molecule has 24 heavy (non-hydrogen) atoms. The van der Waals surface area contributed by atoms with E-state index in [0.717, 1.165) is 5.56 Å². The van der Waals surface area contributed by atoms with E-state index in [0.29, 0.717) is 11.6 Å². The van der Waals surface area contributed by atoms with Crippen LogP contribution in [0.4, 0.5) is 5.69 Å². The van der Waals surface area contributed by atoms with Crippen molar-refractivity contribution < 1.29 is 17.9 Å². The Labute approximate surface area is 141 Å². The molecule has 2 rings (SSSR count). The van der Waals surface area contributed by atoms with Crippen LogP contribution in [0.2, 0.25) is 0 Å². The summed E-state index contributed by atoms with van der Waals surface area (Å²) in [5, 5.41) is 7.88. The first-order valence-corrected chi connectivity index (χ1v) is 8.89. The number of hydrogen-bond acceptors (Lipinski definition) is 4. The van der Waals surface area contributed by atoms with Crippen molar-refractivity contribution in [1.29, 1.82) is 0 Å². The molecule has 0 radical (unpaired) electrons. The molecule has 3 N–H and O–H groups in total. The van der Waals surface area contributed by atoms with Crippen LogP contribution in [0.15, 0.2) is 47.4 Å². The van der Waals surface area contributed by atoms with Gasteiger partial charge in [0.1, 0.15) is 5.75 Å². The maximum atomic E-state index is 12.5. The molecule has 0 bridgehead atoms. The Balaban J connectivity index is 2.37. The molecule has 0 aliphatic heterocycles. The minimum absolute atomic E-state index is 0.0963. The molecule has 0 aliphatic carbocycles. The number of nitrogens with one attached hydrogen (secondary N) is 1. The van der Waals surface area contributed by atoms with Gasteiger partial charge in [-0.2, -0.15) is 0 Å². The van der Waals surface area contributed by atoms with E-state index in [2.05, 4.69) is 19.2 Å². The molecule has 0 unspecified atom stereocenters. The van der Waals surface area contributed by atoms with E-state index in [1.807, 2.05) is 18.2 Å². The third-order valence-electron chi connectivity index (χ3n) is 3.56. The number of carbonyl (C=O) groups is 1. The molecule has 0 spiro atoms. The van der Waals surface area contributed by atoms with Gasteiger partial charge in [-0.25, -0.2) is 13.6 Å². The second kappa shape index (κ2) is 7.02. The van der Waals surface area contributed by atoms with E-state index < -0.39 is 15.9 Å². The summed E-state index contributed by atoms with van der Waals surface area (Å²) in [5.74, 6) is 0.111. The SMILES string of the molecule is COc1ccc(S(N)(=O)=O)cc1C(=O)Nc1cccc(C(C)C)c1. The molecule has 0 aromatic heterocycles. The lowest BCUT2D eigenvalue weighted by Crippen LogP contribution is -2.17. The van der Waals surface area contributed by atoms with Crippen molar-refractivity contribution in [3.05, 3.63) is 53.6 Å². The Hall–Kier alpha value is -2.38. The molecule has 0 heterocycles. The lowest BCUT2D eigenvalue weighted by Gasteiger charge is -2.12. The average Bonchev–Trinajstić information content (AvgIpc) is 2.53. The van der Waals surface area contributed by atoms with Crippen LogP contribution in [0.3, 0.4) is 0 Å². The monoisotopic (exact) mass is 348 g/mol. The number of primary sulfonamides is 1. The minimum Gasteiger partial charge on any atom is -0.496 e. The third kappa shape index (κ3) is 4.12. The number of carbonyl (C=O) groups excluding carboxylic acids is 1. The van der Waals surface area contributed by atoms with E-state index in [9.17, 15) is 13.2 Å². The van der Waals surface area contributed by atoms with E-state index in [4.69, 9.17) is 9.88 Å². The van der Waals surface area contributed by atoms with Crippen LogP contribution in [-0.4, -0.2) is 21.4 Å². The Morgan fingerprint density at radius 1 is 1.17 bits per heavy atom. The van der Waals surface area contributed by atoms with E-state index in [1.54, 1.807) is 6.07 Å². The summed E-state index contributed by atoms with van der Waals surface area (Å²) in [5.41, 5.74) is 1.80. The average molecular weight is 348 g/mol. The van der Waals surface area contributed by atoms with Gasteiger partial charge in [-0.15, -0.1) is 0 Å². The van der Waals surface area contributed by atoms with Gasteiger partial charge >= 0.3 is 0 Å². The summed E-state index contributed by atoms with van der Waals surface area (Å²) >= 11 is 0. The molecular formula is C17H20N2O4S. The summed E-state index contributed by atoms with van der Waals surface area (Å²) in [4.78, 5) is 12.4. The molecular weight excluding hydrogens is 328 g/mol. The number of amides is 1. The molecule has 6 nitrogen and oxygen atoms in total. The number of benzene rings is 2. The van der Waals surface area contributed by atoms with Crippen LogP contribution in [0, 0.1) is 0 Å². The number of rotatable bonds is 5. The number of sulfonamides is 1. The van der Waals surface area contributed by atoms with Crippen LogP contribution in [0.1, 0.15) is 35.7 Å². The van der Waals surface area contributed by atoms with Gasteiger partial charge in [0.05, 0.1) is 17.6 Å². The number of anilines is 1.